The Morgan fingerprint density at radius 1 is 1.44 bits per heavy atom. The predicted octanol–water partition coefficient (Wildman–Crippen LogP) is -0.516. The van der Waals surface area contributed by atoms with Crippen LogP contribution in [0.25, 0.3) is 0 Å². The summed E-state index contributed by atoms with van der Waals surface area (Å²) in [6, 6.07) is -1.06. The third-order valence-electron chi connectivity index (χ3n) is 2.04. The number of carboxylic acid groups (broad SMARTS) is 1. The van der Waals surface area contributed by atoms with Crippen molar-refractivity contribution in [2.75, 3.05) is 20.8 Å². The van der Waals surface area contributed by atoms with Gasteiger partial charge in [-0.1, -0.05) is 0 Å². The number of hydrogen-bond donors (Lipinski definition) is 4. The van der Waals surface area contributed by atoms with E-state index in [0.29, 0.717) is 6.42 Å². The van der Waals surface area contributed by atoms with E-state index < -0.39 is 19.8 Å². The van der Waals surface area contributed by atoms with Gasteiger partial charge >= 0.3 is 13.7 Å². The van der Waals surface area contributed by atoms with Crippen molar-refractivity contribution in [2.24, 2.45) is 16.5 Å². The van der Waals surface area contributed by atoms with E-state index in [1.165, 1.54) is 0 Å². The fourth-order valence-electron chi connectivity index (χ4n) is 1.12. The molecule has 0 spiro atoms. The smallest absolute Gasteiger partial charge is 0.405 e. The van der Waals surface area contributed by atoms with E-state index in [4.69, 9.17) is 16.6 Å². The zero-order valence-corrected chi connectivity index (χ0v) is 11.2. The van der Waals surface area contributed by atoms with Gasteiger partial charge in [0, 0.05) is 20.8 Å². The average Bonchev–Trinajstić information content (AvgIpc) is 2.32. The molecule has 10 heteroatoms. The number of hydrogen-bond acceptors (Lipinski definition) is 5. The summed E-state index contributed by atoms with van der Waals surface area (Å²) in [7, 11) is -1.25. The molecular weight excluding hydrogens is 263 g/mol. The van der Waals surface area contributed by atoms with Crippen LogP contribution in [0, 0.1) is 0 Å². The lowest BCUT2D eigenvalue weighted by Crippen LogP contribution is -2.35. The van der Waals surface area contributed by atoms with Crippen LogP contribution in [0.2, 0.25) is 0 Å². The van der Waals surface area contributed by atoms with E-state index in [0.717, 1.165) is 14.2 Å². The number of nitrogens with one attached hydrogen (secondary N) is 1. The molecule has 1 atom stereocenters. The third kappa shape index (κ3) is 6.55. The van der Waals surface area contributed by atoms with Gasteiger partial charge in [-0.3, -0.25) is 9.79 Å². The van der Waals surface area contributed by atoms with E-state index in [2.05, 4.69) is 19.1 Å². The Morgan fingerprint density at radius 3 is 2.39 bits per heavy atom. The van der Waals surface area contributed by atoms with Crippen molar-refractivity contribution in [1.82, 2.24) is 5.09 Å². The van der Waals surface area contributed by atoms with Crippen LogP contribution < -0.4 is 16.6 Å². The second kappa shape index (κ2) is 8.04. The van der Waals surface area contributed by atoms with Crippen molar-refractivity contribution in [2.45, 2.75) is 18.9 Å². The molecule has 0 aromatic heterocycles. The van der Waals surface area contributed by atoms with Crippen LogP contribution in [0.1, 0.15) is 12.8 Å². The highest BCUT2D eigenvalue weighted by Crippen LogP contribution is 2.42. The summed E-state index contributed by atoms with van der Waals surface area (Å²) in [5.74, 6) is -1.22. The molecule has 0 aliphatic carbocycles. The molecule has 18 heavy (non-hydrogen) atoms. The normalized spacial score (nSPS) is 13.0. The van der Waals surface area contributed by atoms with E-state index in [9.17, 15) is 9.36 Å². The maximum Gasteiger partial charge on any atom is 0.405 e. The third-order valence-corrected chi connectivity index (χ3v) is 3.63. The molecule has 0 aliphatic rings. The van der Waals surface area contributed by atoms with E-state index in [-0.39, 0.29) is 18.9 Å². The number of carbonyl (C=O) groups is 1. The van der Waals surface area contributed by atoms with Crippen LogP contribution in [0.15, 0.2) is 4.99 Å². The minimum Gasteiger partial charge on any atom is -0.480 e. The van der Waals surface area contributed by atoms with E-state index in [1.54, 1.807) is 0 Å². The molecule has 0 saturated carbocycles. The predicted molar refractivity (Wildman–Crippen MR) is 66.1 cm³/mol. The highest BCUT2D eigenvalue weighted by atomic mass is 31.2. The van der Waals surface area contributed by atoms with Crippen LogP contribution in [-0.4, -0.2) is 43.8 Å². The molecule has 0 bridgehead atoms. The van der Waals surface area contributed by atoms with Gasteiger partial charge in [0.1, 0.15) is 6.04 Å². The number of nitrogens with zero attached hydrogens (tertiary/aromatic N) is 1. The second-order valence-electron chi connectivity index (χ2n) is 3.33. The molecule has 0 rings (SSSR count). The highest BCUT2D eigenvalue weighted by Gasteiger charge is 2.29. The Kier molecular flexibility index (Phi) is 7.53. The zero-order chi connectivity index (χ0) is 14.2. The topological polar surface area (TPSA) is 149 Å². The van der Waals surface area contributed by atoms with Crippen molar-refractivity contribution >= 4 is 19.7 Å². The second-order valence-corrected chi connectivity index (χ2v) is 5.31. The number of aliphatic imine (C=N–C) groups is 1. The summed E-state index contributed by atoms with van der Waals surface area (Å²) in [6.45, 7) is 0.290. The molecule has 0 unspecified atom stereocenters. The monoisotopic (exact) mass is 282 g/mol. The number of carboxylic acids is 1. The first-order chi connectivity index (χ1) is 8.34. The van der Waals surface area contributed by atoms with E-state index in [1.807, 2.05) is 0 Å². The van der Waals surface area contributed by atoms with Crippen molar-refractivity contribution in [1.29, 1.82) is 0 Å². The minimum atomic E-state index is -3.57. The summed E-state index contributed by atoms with van der Waals surface area (Å²) in [5.41, 5.74) is 10.3. The molecule has 0 amide bonds. The first kappa shape index (κ1) is 16.9. The van der Waals surface area contributed by atoms with Crippen molar-refractivity contribution < 1.29 is 23.5 Å². The molecule has 0 heterocycles. The Balaban J connectivity index is 4.37. The fourth-order valence-corrected chi connectivity index (χ4v) is 2.10. The number of rotatable bonds is 9. The first-order valence-electron chi connectivity index (χ1n) is 5.12. The maximum atomic E-state index is 11.7. The summed E-state index contributed by atoms with van der Waals surface area (Å²) < 4.78 is 20.9. The van der Waals surface area contributed by atoms with Gasteiger partial charge in [0.05, 0.1) is 0 Å². The Morgan fingerprint density at radius 2 is 2.00 bits per heavy atom. The number of nitrogens with two attached hydrogens (primary N) is 2. The molecule has 6 N–H and O–H groups in total. The molecule has 9 nitrogen and oxygen atoms in total. The van der Waals surface area contributed by atoms with Crippen molar-refractivity contribution in [3.05, 3.63) is 0 Å². The molecule has 0 fully saturated rings. The van der Waals surface area contributed by atoms with Crippen LogP contribution in [0.5, 0.6) is 0 Å². The van der Waals surface area contributed by atoms with Crippen LogP contribution in [-0.2, 0) is 18.4 Å². The summed E-state index contributed by atoms with van der Waals surface area (Å²) in [6.07, 6.45) is 0.595. The maximum absolute atomic E-state index is 11.7. The summed E-state index contributed by atoms with van der Waals surface area (Å²) >= 11 is 0. The van der Waals surface area contributed by atoms with Crippen LogP contribution in [0.4, 0.5) is 0 Å². The van der Waals surface area contributed by atoms with Gasteiger partial charge in [0.25, 0.3) is 0 Å². The Bertz CT molecular complexity index is 336. The number of guanidine groups is 1. The summed E-state index contributed by atoms with van der Waals surface area (Å²) in [4.78, 5) is 14.7. The lowest BCUT2D eigenvalue weighted by atomic mass is 10.2. The standard InChI is InChI=1S/C8H19N4O5P/c1-16-18(15,17-2)12-6(7(13)14)4-3-5-11-8(9)10/h6H,3-5H2,1-2H3,(H,12,15)(H,13,14)(H4,9,10,11)/t6-/m0/s1. The molecule has 0 aromatic rings. The van der Waals surface area contributed by atoms with Gasteiger partial charge in [0.2, 0.25) is 0 Å². The van der Waals surface area contributed by atoms with Gasteiger partial charge in [-0.2, -0.15) is 0 Å². The number of aliphatic carboxylic acids is 1. The van der Waals surface area contributed by atoms with Gasteiger partial charge in [-0.15, -0.1) is 0 Å². The lowest BCUT2D eigenvalue weighted by molar-refractivity contribution is -0.139. The minimum absolute atomic E-state index is 0.0608. The van der Waals surface area contributed by atoms with Gasteiger partial charge in [-0.25, -0.2) is 9.65 Å². The zero-order valence-electron chi connectivity index (χ0n) is 10.3. The van der Waals surface area contributed by atoms with Crippen molar-refractivity contribution in [3.8, 4) is 0 Å². The summed E-state index contributed by atoms with van der Waals surface area (Å²) in [5, 5.41) is 11.3. The average molecular weight is 282 g/mol. The SMILES string of the molecule is COP(=O)(N[C@@H](CCCN=C(N)N)C(=O)O)OC. The molecule has 0 aliphatic heterocycles. The quantitative estimate of drug-likeness (QED) is 0.191. The van der Waals surface area contributed by atoms with Gasteiger partial charge in [-0.05, 0) is 12.8 Å². The molecule has 0 radical (unpaired) electrons. The van der Waals surface area contributed by atoms with Gasteiger partial charge in [0.15, 0.2) is 5.96 Å². The molecule has 0 aromatic carbocycles. The lowest BCUT2D eigenvalue weighted by Gasteiger charge is -2.19. The Hall–Kier alpha value is -1.15. The Labute approximate surface area is 105 Å². The van der Waals surface area contributed by atoms with E-state index >= 15 is 0 Å². The molecule has 106 valence electrons. The highest BCUT2D eigenvalue weighted by molar-refractivity contribution is 7.51. The fraction of sp³-hybridized carbons (Fsp3) is 0.750. The van der Waals surface area contributed by atoms with Crippen molar-refractivity contribution in [3.63, 3.8) is 0 Å². The van der Waals surface area contributed by atoms with Gasteiger partial charge < -0.3 is 25.6 Å². The molecular formula is C8H19N4O5P. The molecule has 0 saturated heterocycles. The largest absolute Gasteiger partial charge is 0.480 e. The van der Waals surface area contributed by atoms with Crippen LogP contribution in [0.3, 0.4) is 0 Å². The first-order valence-corrected chi connectivity index (χ1v) is 6.66. The van der Waals surface area contributed by atoms with Crippen LogP contribution >= 0.6 is 7.75 Å².